The molecule has 0 unspecified atom stereocenters. The van der Waals surface area contributed by atoms with Crippen LogP contribution in [-0.2, 0) is 14.3 Å². The van der Waals surface area contributed by atoms with E-state index >= 15 is 0 Å². The molecule has 1 amide bonds. The molecule has 102 valence electrons. The fraction of sp³-hybridized carbons (Fsp3) is 0.308. The summed E-state index contributed by atoms with van der Waals surface area (Å²) in [5.74, 6) is -1.91. The van der Waals surface area contributed by atoms with Gasteiger partial charge in [0.2, 0.25) is 5.91 Å². The second-order valence-electron chi connectivity index (χ2n) is 3.74. The number of esters is 1. The highest BCUT2D eigenvalue weighted by molar-refractivity contribution is 5.95. The van der Waals surface area contributed by atoms with Gasteiger partial charge in [-0.15, -0.1) is 0 Å². The van der Waals surface area contributed by atoms with Crippen LogP contribution in [0.5, 0.6) is 0 Å². The van der Waals surface area contributed by atoms with Gasteiger partial charge in [-0.05, 0) is 25.1 Å². The van der Waals surface area contributed by atoms with E-state index in [1.807, 2.05) is 0 Å². The van der Waals surface area contributed by atoms with Crippen LogP contribution in [0.3, 0.4) is 0 Å². The summed E-state index contributed by atoms with van der Waals surface area (Å²) in [4.78, 5) is 33.2. The number of ether oxygens (including phenoxy) is 1. The highest BCUT2D eigenvalue weighted by atomic mass is 16.5. The van der Waals surface area contributed by atoms with Gasteiger partial charge in [-0.25, -0.2) is 4.79 Å². The van der Waals surface area contributed by atoms with Gasteiger partial charge >= 0.3 is 11.9 Å². The van der Waals surface area contributed by atoms with Crippen LogP contribution >= 0.6 is 0 Å². The van der Waals surface area contributed by atoms with E-state index in [2.05, 4.69) is 5.32 Å². The van der Waals surface area contributed by atoms with Crippen LogP contribution in [0.4, 0.5) is 5.69 Å². The lowest BCUT2D eigenvalue weighted by Crippen LogP contribution is -2.13. The Kier molecular flexibility index (Phi) is 5.53. The van der Waals surface area contributed by atoms with Gasteiger partial charge in [-0.2, -0.15) is 0 Å². The predicted molar refractivity (Wildman–Crippen MR) is 67.9 cm³/mol. The Balaban J connectivity index is 2.64. The summed E-state index contributed by atoms with van der Waals surface area (Å²) in [7, 11) is 0. The summed E-state index contributed by atoms with van der Waals surface area (Å²) < 4.78 is 4.84. The number of benzene rings is 1. The zero-order chi connectivity index (χ0) is 14.3. The minimum atomic E-state index is -1.03. The molecule has 1 aromatic rings. The van der Waals surface area contributed by atoms with Crippen LogP contribution in [0.2, 0.25) is 0 Å². The van der Waals surface area contributed by atoms with Gasteiger partial charge in [0.25, 0.3) is 0 Å². The summed E-state index contributed by atoms with van der Waals surface area (Å²) in [6.07, 6.45) is -0.345. The van der Waals surface area contributed by atoms with E-state index in [4.69, 9.17) is 9.84 Å². The van der Waals surface area contributed by atoms with Crippen molar-refractivity contribution in [3.63, 3.8) is 0 Å². The molecule has 6 heteroatoms. The van der Waals surface area contributed by atoms with Gasteiger partial charge < -0.3 is 15.2 Å². The quantitative estimate of drug-likeness (QED) is 0.763. The van der Waals surface area contributed by atoms with Gasteiger partial charge in [0.05, 0.1) is 18.6 Å². The number of carbonyl (C=O) groups is 3. The van der Waals surface area contributed by atoms with E-state index in [0.717, 1.165) is 0 Å². The average molecular weight is 265 g/mol. The van der Waals surface area contributed by atoms with Crippen LogP contribution in [0, 0.1) is 0 Å². The van der Waals surface area contributed by atoms with Crippen molar-refractivity contribution >= 4 is 23.5 Å². The number of hydrogen-bond acceptors (Lipinski definition) is 4. The minimum Gasteiger partial charge on any atom is -0.481 e. The Hall–Kier alpha value is -2.37. The molecular weight excluding hydrogens is 250 g/mol. The Morgan fingerprint density at radius 2 is 2.00 bits per heavy atom. The maximum atomic E-state index is 11.5. The van der Waals surface area contributed by atoms with E-state index in [0.29, 0.717) is 11.3 Å². The second kappa shape index (κ2) is 7.15. The molecule has 0 fully saturated rings. The van der Waals surface area contributed by atoms with E-state index < -0.39 is 17.8 Å². The molecule has 0 saturated carbocycles. The third kappa shape index (κ3) is 5.20. The third-order valence-electron chi connectivity index (χ3n) is 2.22. The number of rotatable bonds is 6. The second-order valence-corrected chi connectivity index (χ2v) is 3.74. The van der Waals surface area contributed by atoms with Crippen molar-refractivity contribution in [1.29, 1.82) is 0 Å². The largest absolute Gasteiger partial charge is 0.481 e. The van der Waals surface area contributed by atoms with Crippen LogP contribution in [0.25, 0.3) is 0 Å². The number of aliphatic carboxylic acids is 1. The zero-order valence-electron chi connectivity index (χ0n) is 10.5. The van der Waals surface area contributed by atoms with Crippen molar-refractivity contribution in [3.8, 4) is 0 Å². The van der Waals surface area contributed by atoms with Gasteiger partial charge in [-0.1, -0.05) is 6.07 Å². The third-order valence-corrected chi connectivity index (χ3v) is 2.22. The summed E-state index contributed by atoms with van der Waals surface area (Å²) in [6.45, 7) is 1.98. The van der Waals surface area contributed by atoms with Crippen molar-refractivity contribution < 1.29 is 24.2 Å². The van der Waals surface area contributed by atoms with Crippen LogP contribution < -0.4 is 5.32 Å². The van der Waals surface area contributed by atoms with Crippen molar-refractivity contribution in [2.75, 3.05) is 11.9 Å². The molecule has 1 aromatic carbocycles. The number of nitrogens with one attached hydrogen (secondary N) is 1. The van der Waals surface area contributed by atoms with Crippen LogP contribution in [0.15, 0.2) is 24.3 Å². The standard InChI is InChI=1S/C13H15NO5/c1-2-19-13(18)9-4-3-5-10(8-9)14-11(15)6-7-12(16)17/h3-5,8H,2,6-7H2,1H3,(H,14,15)(H,16,17). The number of carboxylic acid groups (broad SMARTS) is 1. The molecule has 0 aliphatic heterocycles. The lowest BCUT2D eigenvalue weighted by atomic mass is 10.2. The smallest absolute Gasteiger partial charge is 0.338 e. The highest BCUT2D eigenvalue weighted by Crippen LogP contribution is 2.12. The number of anilines is 1. The molecule has 0 aliphatic carbocycles. The molecule has 1 rings (SSSR count). The molecule has 0 radical (unpaired) electrons. The maximum absolute atomic E-state index is 11.5. The predicted octanol–water partition coefficient (Wildman–Crippen LogP) is 1.67. The van der Waals surface area contributed by atoms with Gasteiger partial charge in [0, 0.05) is 12.1 Å². The number of carboxylic acids is 1. The normalized spacial score (nSPS) is 9.74. The highest BCUT2D eigenvalue weighted by Gasteiger charge is 2.09. The average Bonchev–Trinajstić information content (AvgIpc) is 2.37. The van der Waals surface area contributed by atoms with Gasteiger partial charge in [-0.3, -0.25) is 9.59 Å². The van der Waals surface area contributed by atoms with Gasteiger partial charge in [0.1, 0.15) is 0 Å². The van der Waals surface area contributed by atoms with E-state index in [1.54, 1.807) is 25.1 Å². The Labute approximate surface area is 110 Å². The lowest BCUT2D eigenvalue weighted by molar-refractivity contribution is -0.138. The molecule has 0 spiro atoms. The van der Waals surface area contributed by atoms with Gasteiger partial charge in [0.15, 0.2) is 0 Å². The molecule has 19 heavy (non-hydrogen) atoms. The van der Waals surface area contributed by atoms with Crippen molar-refractivity contribution in [2.45, 2.75) is 19.8 Å². The summed E-state index contributed by atoms with van der Waals surface area (Å²) >= 11 is 0. The summed E-state index contributed by atoms with van der Waals surface area (Å²) in [6, 6.07) is 6.28. The van der Waals surface area contributed by atoms with Crippen molar-refractivity contribution in [1.82, 2.24) is 0 Å². The molecule has 0 bridgehead atoms. The molecule has 6 nitrogen and oxygen atoms in total. The Morgan fingerprint density at radius 3 is 2.63 bits per heavy atom. The first-order chi connectivity index (χ1) is 9.02. The number of carbonyl (C=O) groups excluding carboxylic acids is 2. The Bertz CT molecular complexity index is 484. The van der Waals surface area contributed by atoms with Crippen molar-refractivity contribution in [3.05, 3.63) is 29.8 Å². The minimum absolute atomic E-state index is 0.112. The molecule has 0 aliphatic rings. The first-order valence-electron chi connectivity index (χ1n) is 5.81. The molecule has 0 heterocycles. The SMILES string of the molecule is CCOC(=O)c1cccc(NC(=O)CCC(=O)O)c1. The first-order valence-corrected chi connectivity index (χ1v) is 5.81. The molecule has 0 atom stereocenters. The van der Waals surface area contributed by atoms with Crippen LogP contribution in [-0.4, -0.2) is 29.6 Å². The number of amides is 1. The zero-order valence-corrected chi connectivity index (χ0v) is 10.5. The summed E-state index contributed by atoms with van der Waals surface area (Å²) in [5, 5.41) is 11.0. The molecular formula is C13H15NO5. The Morgan fingerprint density at radius 1 is 1.26 bits per heavy atom. The number of hydrogen-bond donors (Lipinski definition) is 2. The molecule has 0 saturated heterocycles. The first kappa shape index (κ1) is 14.7. The maximum Gasteiger partial charge on any atom is 0.338 e. The van der Waals surface area contributed by atoms with E-state index in [1.165, 1.54) is 6.07 Å². The van der Waals surface area contributed by atoms with E-state index in [9.17, 15) is 14.4 Å². The fourth-order valence-electron chi connectivity index (χ4n) is 1.38. The fourth-order valence-corrected chi connectivity index (χ4v) is 1.38. The summed E-state index contributed by atoms with van der Waals surface area (Å²) in [5.41, 5.74) is 0.763. The monoisotopic (exact) mass is 265 g/mol. The topological polar surface area (TPSA) is 92.7 Å². The molecule has 2 N–H and O–H groups in total. The van der Waals surface area contributed by atoms with Crippen LogP contribution in [0.1, 0.15) is 30.1 Å². The van der Waals surface area contributed by atoms with E-state index in [-0.39, 0.29) is 19.4 Å². The lowest BCUT2D eigenvalue weighted by Gasteiger charge is -2.06. The van der Waals surface area contributed by atoms with Crippen molar-refractivity contribution in [2.24, 2.45) is 0 Å². The molecule has 0 aromatic heterocycles.